The maximum Gasteiger partial charge on any atom is 0.273 e. The standard InChI is InChI=1S/C15H22N4O2S.2ClH/c20-14(12-4-1-5-16-12)17-7-11-3-2-6-19(8-11)15(21)13-9-22-10-18-13;;/h9-12,16H,1-8H2,(H,17,20);2*1H. The molecule has 3 rings (SSSR count). The number of halogens is 2. The molecule has 0 radical (unpaired) electrons. The highest BCUT2D eigenvalue weighted by atomic mass is 35.5. The lowest BCUT2D eigenvalue weighted by atomic mass is 9.97. The number of thiazole rings is 1. The highest BCUT2D eigenvalue weighted by Crippen LogP contribution is 2.18. The lowest BCUT2D eigenvalue weighted by Gasteiger charge is -2.32. The van der Waals surface area contributed by atoms with Crippen LogP contribution >= 0.6 is 36.2 Å². The number of carbonyl (C=O) groups excluding carboxylic acids is 2. The molecule has 9 heteroatoms. The van der Waals surface area contributed by atoms with E-state index in [1.165, 1.54) is 11.3 Å². The monoisotopic (exact) mass is 394 g/mol. The average Bonchev–Trinajstić information content (AvgIpc) is 3.25. The first-order valence-electron chi connectivity index (χ1n) is 7.92. The van der Waals surface area contributed by atoms with E-state index in [9.17, 15) is 9.59 Å². The third-order valence-electron chi connectivity index (χ3n) is 4.40. The van der Waals surface area contributed by atoms with Crippen molar-refractivity contribution in [3.8, 4) is 0 Å². The predicted octanol–water partition coefficient (Wildman–Crippen LogP) is 1.71. The van der Waals surface area contributed by atoms with Gasteiger partial charge in [-0.2, -0.15) is 0 Å². The second-order valence-electron chi connectivity index (χ2n) is 6.03. The van der Waals surface area contributed by atoms with Gasteiger partial charge in [0.2, 0.25) is 5.91 Å². The molecule has 24 heavy (non-hydrogen) atoms. The van der Waals surface area contributed by atoms with Crippen molar-refractivity contribution in [3.05, 3.63) is 16.6 Å². The van der Waals surface area contributed by atoms with Crippen LogP contribution < -0.4 is 10.6 Å². The van der Waals surface area contributed by atoms with Gasteiger partial charge in [-0.15, -0.1) is 36.2 Å². The minimum absolute atomic E-state index is 0. The highest BCUT2D eigenvalue weighted by Gasteiger charge is 2.27. The molecule has 2 aliphatic heterocycles. The SMILES string of the molecule is Cl.Cl.O=C(NCC1CCCN(C(=O)c2cscn2)C1)C1CCCN1. The number of nitrogens with zero attached hydrogens (tertiary/aromatic N) is 2. The number of carbonyl (C=O) groups is 2. The van der Waals surface area contributed by atoms with Crippen LogP contribution in [0.3, 0.4) is 0 Å². The van der Waals surface area contributed by atoms with Crippen molar-refractivity contribution in [2.45, 2.75) is 31.7 Å². The Morgan fingerprint density at radius 3 is 2.83 bits per heavy atom. The Morgan fingerprint density at radius 1 is 1.33 bits per heavy atom. The summed E-state index contributed by atoms with van der Waals surface area (Å²) < 4.78 is 0. The minimum atomic E-state index is -0.0312. The number of rotatable bonds is 4. The summed E-state index contributed by atoms with van der Waals surface area (Å²) in [7, 11) is 0. The first-order valence-corrected chi connectivity index (χ1v) is 8.87. The Labute approximate surface area is 158 Å². The molecular weight excluding hydrogens is 371 g/mol. The summed E-state index contributed by atoms with van der Waals surface area (Å²) in [6.45, 7) is 3.06. The smallest absolute Gasteiger partial charge is 0.273 e. The largest absolute Gasteiger partial charge is 0.354 e. The number of aromatic nitrogens is 1. The normalized spacial score (nSPS) is 23.1. The summed E-state index contributed by atoms with van der Waals surface area (Å²) in [4.78, 5) is 30.3. The van der Waals surface area contributed by atoms with Gasteiger partial charge in [0.15, 0.2) is 0 Å². The molecule has 6 nitrogen and oxygen atoms in total. The van der Waals surface area contributed by atoms with Gasteiger partial charge in [0.1, 0.15) is 5.69 Å². The third kappa shape index (κ3) is 5.31. The van der Waals surface area contributed by atoms with Gasteiger partial charge in [-0.1, -0.05) is 0 Å². The fourth-order valence-corrected chi connectivity index (χ4v) is 3.70. The molecule has 2 aliphatic rings. The average molecular weight is 395 g/mol. The molecule has 2 fully saturated rings. The maximum atomic E-state index is 12.3. The first-order chi connectivity index (χ1) is 10.7. The van der Waals surface area contributed by atoms with Crippen LogP contribution in [0.25, 0.3) is 0 Å². The van der Waals surface area contributed by atoms with Gasteiger partial charge in [0.25, 0.3) is 5.91 Å². The van der Waals surface area contributed by atoms with Crippen LogP contribution in [-0.4, -0.2) is 53.9 Å². The molecular formula is C15H24Cl2N4O2S. The van der Waals surface area contributed by atoms with Crippen molar-refractivity contribution in [2.75, 3.05) is 26.2 Å². The van der Waals surface area contributed by atoms with Crippen LogP contribution in [0.5, 0.6) is 0 Å². The molecule has 136 valence electrons. The van der Waals surface area contributed by atoms with Gasteiger partial charge in [-0.25, -0.2) is 4.98 Å². The van der Waals surface area contributed by atoms with E-state index in [2.05, 4.69) is 15.6 Å². The molecule has 0 saturated carbocycles. The van der Waals surface area contributed by atoms with E-state index in [-0.39, 0.29) is 42.7 Å². The Bertz CT molecular complexity index is 524. The second kappa shape index (κ2) is 10.2. The molecule has 2 N–H and O–H groups in total. The Hall–Kier alpha value is -0.890. The third-order valence-corrected chi connectivity index (χ3v) is 4.99. The fraction of sp³-hybridized carbons (Fsp3) is 0.667. The fourth-order valence-electron chi connectivity index (χ4n) is 3.17. The van der Waals surface area contributed by atoms with E-state index >= 15 is 0 Å². The lowest BCUT2D eigenvalue weighted by molar-refractivity contribution is -0.123. The molecule has 2 amide bonds. The van der Waals surface area contributed by atoms with Gasteiger partial charge in [0, 0.05) is 25.0 Å². The molecule has 0 bridgehead atoms. The number of likely N-dealkylation sites (tertiary alicyclic amines) is 1. The zero-order chi connectivity index (χ0) is 15.4. The molecule has 1 aromatic heterocycles. The summed E-state index contributed by atoms with van der Waals surface area (Å²) in [5, 5.41) is 8.03. The summed E-state index contributed by atoms with van der Waals surface area (Å²) in [5.41, 5.74) is 2.22. The van der Waals surface area contributed by atoms with Crippen LogP contribution in [0.4, 0.5) is 0 Å². The number of hydrogen-bond donors (Lipinski definition) is 2. The zero-order valence-corrected chi connectivity index (χ0v) is 15.9. The van der Waals surface area contributed by atoms with Crippen molar-refractivity contribution in [1.82, 2.24) is 20.5 Å². The maximum absolute atomic E-state index is 12.3. The Balaban J connectivity index is 0.00000144. The van der Waals surface area contributed by atoms with Gasteiger partial charge < -0.3 is 15.5 Å². The van der Waals surface area contributed by atoms with Crippen LogP contribution in [0.1, 0.15) is 36.2 Å². The van der Waals surface area contributed by atoms with Crippen LogP contribution in [0.15, 0.2) is 10.9 Å². The first kappa shape index (κ1) is 21.2. The second-order valence-corrected chi connectivity index (χ2v) is 6.75. The molecule has 3 heterocycles. The molecule has 0 aromatic carbocycles. The number of amides is 2. The van der Waals surface area contributed by atoms with Gasteiger partial charge in [-0.3, -0.25) is 9.59 Å². The van der Waals surface area contributed by atoms with Crippen molar-refractivity contribution >= 4 is 48.0 Å². The van der Waals surface area contributed by atoms with Crippen LogP contribution in [0.2, 0.25) is 0 Å². The van der Waals surface area contributed by atoms with Crippen molar-refractivity contribution in [2.24, 2.45) is 5.92 Å². The molecule has 1 aromatic rings. The zero-order valence-electron chi connectivity index (χ0n) is 13.4. The lowest BCUT2D eigenvalue weighted by Crippen LogP contribution is -2.46. The number of nitrogens with one attached hydrogen (secondary N) is 2. The predicted molar refractivity (Wildman–Crippen MR) is 99.3 cm³/mol. The quantitative estimate of drug-likeness (QED) is 0.814. The molecule has 2 atom stereocenters. The summed E-state index contributed by atoms with van der Waals surface area (Å²) in [6, 6.07) is -0.0312. The molecule has 2 unspecified atom stereocenters. The van der Waals surface area contributed by atoms with Gasteiger partial charge >= 0.3 is 0 Å². The van der Waals surface area contributed by atoms with Crippen molar-refractivity contribution < 1.29 is 9.59 Å². The minimum Gasteiger partial charge on any atom is -0.354 e. The Kier molecular flexibility index (Phi) is 8.97. The topological polar surface area (TPSA) is 74.3 Å². The number of piperidine rings is 1. The summed E-state index contributed by atoms with van der Waals surface area (Å²) in [6.07, 6.45) is 4.03. The number of hydrogen-bond acceptors (Lipinski definition) is 5. The molecule has 0 spiro atoms. The molecule has 2 saturated heterocycles. The summed E-state index contributed by atoms with van der Waals surface area (Å²) in [5.74, 6) is 0.442. The Morgan fingerprint density at radius 2 is 2.17 bits per heavy atom. The summed E-state index contributed by atoms with van der Waals surface area (Å²) >= 11 is 1.44. The van der Waals surface area contributed by atoms with E-state index in [0.29, 0.717) is 24.7 Å². The van der Waals surface area contributed by atoms with E-state index in [0.717, 1.165) is 38.8 Å². The molecule has 0 aliphatic carbocycles. The van der Waals surface area contributed by atoms with E-state index in [1.54, 1.807) is 10.9 Å². The van der Waals surface area contributed by atoms with E-state index in [4.69, 9.17) is 0 Å². The van der Waals surface area contributed by atoms with E-state index in [1.807, 2.05) is 4.90 Å². The van der Waals surface area contributed by atoms with Gasteiger partial charge in [-0.05, 0) is 38.1 Å². The van der Waals surface area contributed by atoms with Gasteiger partial charge in [0.05, 0.1) is 11.6 Å². The van der Waals surface area contributed by atoms with Crippen molar-refractivity contribution in [3.63, 3.8) is 0 Å². The van der Waals surface area contributed by atoms with Crippen molar-refractivity contribution in [1.29, 1.82) is 0 Å². The van der Waals surface area contributed by atoms with E-state index < -0.39 is 0 Å². The highest BCUT2D eigenvalue weighted by molar-refractivity contribution is 7.07. The van der Waals surface area contributed by atoms with Crippen LogP contribution in [0, 0.1) is 5.92 Å². The van der Waals surface area contributed by atoms with Crippen LogP contribution in [-0.2, 0) is 4.79 Å².